The first-order valence-electron chi connectivity index (χ1n) is 25.4. The van der Waals surface area contributed by atoms with E-state index in [9.17, 15) is 28.8 Å². The van der Waals surface area contributed by atoms with Crippen LogP contribution in [0.2, 0.25) is 0 Å². The SMILES string of the molecule is C=CC1=C(/C=C\C)C[C@H]2C=Nc3cc(OCc4cc(COc5cc6c(cc5OC)C(=O)N5c7ccccc7C[C@H]5CN6)cc(NC(=O)[C@H](C)NC(=O)[C@H](C)NC(=O)CCCCC(=O)C(C)C)c4)c(OC)cc3C(=O)N12. The molecule has 0 spiro atoms. The summed E-state index contributed by atoms with van der Waals surface area (Å²) in [6.45, 7) is 13.2. The molecule has 17 heteroatoms. The van der Waals surface area contributed by atoms with Crippen molar-refractivity contribution in [3.05, 3.63) is 131 Å². The lowest BCUT2D eigenvalue weighted by Crippen LogP contribution is -2.50. The van der Waals surface area contributed by atoms with Crippen LogP contribution in [0.4, 0.5) is 22.7 Å². The summed E-state index contributed by atoms with van der Waals surface area (Å²) in [7, 11) is 3.00. The molecule has 0 saturated heterocycles. The van der Waals surface area contributed by atoms with Crippen molar-refractivity contribution >= 4 is 64.3 Å². The van der Waals surface area contributed by atoms with Crippen LogP contribution in [0, 0.1) is 5.92 Å². The number of aliphatic imine (C=N–C) groups is 1. The van der Waals surface area contributed by atoms with Gasteiger partial charge in [-0.1, -0.05) is 50.8 Å². The maximum Gasteiger partial charge on any atom is 0.261 e. The van der Waals surface area contributed by atoms with Crippen LogP contribution in [0.25, 0.3) is 0 Å². The first kappa shape index (κ1) is 53.1. The fraction of sp³-hybridized carbons (Fsp3) is 0.362. The van der Waals surface area contributed by atoms with Crippen molar-refractivity contribution in [2.24, 2.45) is 10.9 Å². The number of ether oxygens (including phenoxy) is 4. The van der Waals surface area contributed by atoms with E-state index in [0.717, 1.165) is 28.9 Å². The number of carbonyl (C=O) groups excluding carboxylic acids is 6. The summed E-state index contributed by atoms with van der Waals surface area (Å²) in [6.07, 6.45) is 10.3. The topological polar surface area (TPSA) is 206 Å². The Bertz CT molecular complexity index is 3010. The van der Waals surface area contributed by atoms with E-state index in [1.54, 1.807) is 53.6 Å². The van der Waals surface area contributed by atoms with Crippen LogP contribution in [0.15, 0.2) is 108 Å². The number of benzene rings is 4. The third-order valence-corrected chi connectivity index (χ3v) is 13.7. The monoisotopic (exact) mass is 1020 g/mol. The molecule has 4 atom stereocenters. The van der Waals surface area contributed by atoms with Gasteiger partial charge in [0.25, 0.3) is 11.8 Å². The number of nitrogens with one attached hydrogen (secondary N) is 4. The van der Waals surface area contributed by atoms with Gasteiger partial charge in [0.1, 0.15) is 31.1 Å². The predicted molar refractivity (Wildman–Crippen MR) is 287 cm³/mol. The van der Waals surface area contributed by atoms with Gasteiger partial charge in [-0.2, -0.15) is 0 Å². The van der Waals surface area contributed by atoms with Gasteiger partial charge >= 0.3 is 0 Å². The molecule has 0 saturated carbocycles. The van der Waals surface area contributed by atoms with Gasteiger partial charge in [0.2, 0.25) is 17.7 Å². The second-order valence-corrected chi connectivity index (χ2v) is 19.4. The van der Waals surface area contributed by atoms with Crippen LogP contribution in [-0.4, -0.2) is 91.4 Å². The van der Waals surface area contributed by atoms with Gasteiger partial charge in [0.15, 0.2) is 23.0 Å². The first-order chi connectivity index (χ1) is 36.1. The average molecular weight is 1020 g/mol. The molecule has 0 unspecified atom stereocenters. The molecular weight excluding hydrogens is 955 g/mol. The summed E-state index contributed by atoms with van der Waals surface area (Å²) >= 11 is 0. The van der Waals surface area contributed by atoms with E-state index in [-0.39, 0.29) is 61.1 Å². The van der Waals surface area contributed by atoms with Gasteiger partial charge < -0.3 is 45.1 Å². The van der Waals surface area contributed by atoms with E-state index in [1.807, 2.05) is 68.2 Å². The summed E-state index contributed by atoms with van der Waals surface area (Å²) in [6, 6.07) is 17.7. The Morgan fingerprint density at radius 1 is 0.787 bits per heavy atom. The van der Waals surface area contributed by atoms with Gasteiger partial charge in [0.05, 0.1) is 48.8 Å². The zero-order valence-electron chi connectivity index (χ0n) is 43.5. The molecule has 17 nitrogen and oxygen atoms in total. The number of allylic oxidation sites excluding steroid dienone is 3. The lowest BCUT2D eigenvalue weighted by molar-refractivity contribution is -0.130. The standard InChI is InChI=1S/C58H65N7O10/c1-9-15-38-23-41-29-59-45-27-52(50(72-7)25-43(45)57(70)64(41)47(38)10-2)74-31-36-20-37(22-40(21-36)63-56(69)35(6)62-55(68)34(5)61-54(67)19-14-13-18-49(66)33(3)4)32-75-53-28-46-44(26-51(53)73-8)58(71)65-42(30-60-46)24-39-16-11-12-17-48(39)65/h9-12,15-17,20-22,25-29,33-35,41-42,60H,2,13-14,18-19,23-24,30-32H2,1,3-8H3,(H,61,67)(H,62,68)(H,63,69)/b15-9-/t34-,35-,41-,42-/m0/s1. The van der Waals surface area contributed by atoms with Crippen molar-refractivity contribution in [2.45, 2.75) is 111 Å². The molecule has 0 bridgehead atoms. The highest BCUT2D eigenvalue weighted by atomic mass is 16.5. The van der Waals surface area contributed by atoms with Crippen LogP contribution in [0.3, 0.4) is 0 Å². The molecule has 5 amide bonds. The third-order valence-electron chi connectivity index (χ3n) is 13.7. The zero-order chi connectivity index (χ0) is 53.5. The van der Waals surface area contributed by atoms with Crippen LogP contribution >= 0.6 is 0 Å². The summed E-state index contributed by atoms with van der Waals surface area (Å²) in [5.41, 5.74) is 7.14. The van der Waals surface area contributed by atoms with Crippen LogP contribution in [0.1, 0.15) is 104 Å². The Hall–Kier alpha value is -8.21. The highest BCUT2D eigenvalue weighted by Crippen LogP contribution is 2.43. The Labute approximate surface area is 437 Å². The summed E-state index contributed by atoms with van der Waals surface area (Å²) in [5, 5.41) is 11.7. The maximum atomic E-state index is 14.1. The molecule has 4 aliphatic heterocycles. The van der Waals surface area contributed by atoms with Crippen LogP contribution in [-0.2, 0) is 38.8 Å². The number of carbonyl (C=O) groups is 6. The number of Topliss-reactive ketones (excluding diaryl/α,β-unsaturated/α-hetero) is 1. The Balaban J connectivity index is 1.01. The number of ketones is 1. The predicted octanol–water partition coefficient (Wildman–Crippen LogP) is 8.54. The number of fused-ring (bicyclic) bond motifs is 6. The Morgan fingerprint density at radius 2 is 1.44 bits per heavy atom. The molecule has 0 fully saturated rings. The summed E-state index contributed by atoms with van der Waals surface area (Å²) in [4.78, 5) is 88.1. The molecule has 392 valence electrons. The number of hydrogen-bond donors (Lipinski definition) is 4. The van der Waals surface area contributed by atoms with Gasteiger partial charge in [0, 0.05) is 67.1 Å². The van der Waals surface area contributed by atoms with Crippen LogP contribution < -0.4 is 45.1 Å². The number of rotatable bonds is 21. The molecule has 4 aliphatic rings. The molecule has 8 rings (SSSR count). The van der Waals surface area contributed by atoms with Crippen molar-refractivity contribution in [3.63, 3.8) is 0 Å². The fourth-order valence-electron chi connectivity index (χ4n) is 9.76. The molecule has 0 aromatic heterocycles. The van der Waals surface area contributed by atoms with Crippen molar-refractivity contribution in [2.75, 3.05) is 36.3 Å². The molecule has 4 aromatic carbocycles. The minimum absolute atomic E-state index is 0.00692. The molecule has 0 aliphatic carbocycles. The second kappa shape index (κ2) is 23.3. The molecule has 0 radical (unpaired) electrons. The van der Waals surface area contributed by atoms with Gasteiger partial charge in [-0.25, -0.2) is 0 Å². The third kappa shape index (κ3) is 11.8. The Kier molecular flexibility index (Phi) is 16.5. The van der Waals surface area contributed by atoms with E-state index in [0.29, 0.717) is 94.5 Å². The molecule has 4 heterocycles. The number of nitrogens with zero attached hydrogens (tertiary/aromatic N) is 3. The second-order valence-electron chi connectivity index (χ2n) is 19.4. The smallest absolute Gasteiger partial charge is 0.261 e. The zero-order valence-corrected chi connectivity index (χ0v) is 43.5. The average Bonchev–Trinajstić information content (AvgIpc) is 3.88. The van der Waals surface area contributed by atoms with Crippen molar-refractivity contribution in [1.82, 2.24) is 15.5 Å². The lowest BCUT2D eigenvalue weighted by atomic mass is 10.0. The number of methoxy groups -OCH3 is 2. The normalized spacial score (nSPS) is 17.1. The lowest BCUT2D eigenvalue weighted by Gasteiger charge is -2.23. The van der Waals surface area contributed by atoms with E-state index in [2.05, 4.69) is 27.8 Å². The largest absolute Gasteiger partial charge is 0.493 e. The van der Waals surface area contributed by atoms with E-state index in [4.69, 9.17) is 23.9 Å². The number of hydrogen-bond acceptors (Lipinski definition) is 12. The van der Waals surface area contributed by atoms with E-state index in [1.165, 1.54) is 28.1 Å². The van der Waals surface area contributed by atoms with Crippen molar-refractivity contribution in [1.29, 1.82) is 0 Å². The highest BCUT2D eigenvalue weighted by molar-refractivity contribution is 6.12. The minimum Gasteiger partial charge on any atom is -0.493 e. The highest BCUT2D eigenvalue weighted by Gasteiger charge is 2.39. The van der Waals surface area contributed by atoms with Crippen molar-refractivity contribution in [3.8, 4) is 23.0 Å². The van der Waals surface area contributed by atoms with Gasteiger partial charge in [-0.3, -0.25) is 38.7 Å². The fourth-order valence-corrected chi connectivity index (χ4v) is 9.76. The van der Waals surface area contributed by atoms with Gasteiger partial charge in [-0.05, 0) is 105 Å². The number of anilines is 3. The molecule has 4 N–H and O–H groups in total. The first-order valence-corrected chi connectivity index (χ1v) is 25.4. The number of amides is 5. The summed E-state index contributed by atoms with van der Waals surface area (Å²) in [5.74, 6) is -0.358. The Morgan fingerprint density at radius 3 is 2.12 bits per heavy atom. The quantitative estimate of drug-likeness (QED) is 0.0582. The van der Waals surface area contributed by atoms with E-state index < -0.39 is 23.9 Å². The molecule has 4 aromatic rings. The minimum atomic E-state index is -1.02. The van der Waals surface area contributed by atoms with Crippen molar-refractivity contribution < 1.29 is 47.7 Å². The van der Waals surface area contributed by atoms with Gasteiger partial charge in [-0.15, -0.1) is 0 Å². The molecule has 75 heavy (non-hydrogen) atoms. The molecular formula is C58H65N7O10. The number of unbranched alkanes of at least 4 members (excludes halogenated alkanes) is 1. The van der Waals surface area contributed by atoms with E-state index >= 15 is 0 Å². The number of para-hydroxylation sites is 1. The maximum absolute atomic E-state index is 14.1. The van der Waals surface area contributed by atoms with Crippen LogP contribution in [0.5, 0.6) is 23.0 Å². The summed E-state index contributed by atoms with van der Waals surface area (Å²) < 4.78 is 24.4.